The van der Waals surface area contributed by atoms with Crippen LogP contribution in [0.25, 0.3) is 10.9 Å². The van der Waals surface area contributed by atoms with Gasteiger partial charge in [-0.15, -0.1) is 0 Å². The molecule has 0 aliphatic heterocycles. The first-order valence-corrected chi connectivity index (χ1v) is 6.13. The number of benzene rings is 1. The molecular weight excluding hydrogens is 226 g/mol. The van der Waals surface area contributed by atoms with Gasteiger partial charge in [0.25, 0.3) is 5.56 Å². The first kappa shape index (κ1) is 12.5. The summed E-state index contributed by atoms with van der Waals surface area (Å²) in [5.41, 5.74) is 5.76. The molecule has 96 valence electrons. The zero-order valence-electron chi connectivity index (χ0n) is 11.3. The Balaban J connectivity index is 3.01. The molecule has 0 aliphatic rings. The van der Waals surface area contributed by atoms with Gasteiger partial charge in [0.2, 0.25) is 0 Å². The minimum absolute atomic E-state index is 0.0300. The largest absolute Gasteiger partial charge is 0.377 e. The monoisotopic (exact) mass is 245 g/mol. The lowest BCUT2D eigenvalue weighted by atomic mass is 10.1. The van der Waals surface area contributed by atoms with Gasteiger partial charge in [0.1, 0.15) is 0 Å². The average molecular weight is 245 g/mol. The lowest BCUT2D eigenvalue weighted by molar-refractivity contribution is 0.881. The first-order chi connectivity index (χ1) is 8.61. The molecule has 1 aromatic carbocycles. The fourth-order valence-corrected chi connectivity index (χ4v) is 2.43. The summed E-state index contributed by atoms with van der Waals surface area (Å²) in [6.07, 6.45) is 0.721. The summed E-state index contributed by atoms with van der Waals surface area (Å²) in [6, 6.07) is 7.96. The third-order valence-electron chi connectivity index (χ3n) is 3.17. The maximum Gasteiger partial charge on any atom is 0.274 e. The summed E-state index contributed by atoms with van der Waals surface area (Å²) < 4.78 is 1.61. The van der Waals surface area contributed by atoms with Crippen LogP contribution in [0.3, 0.4) is 0 Å². The number of anilines is 1. The van der Waals surface area contributed by atoms with Gasteiger partial charge in [-0.25, -0.2) is 4.68 Å². The van der Waals surface area contributed by atoms with E-state index in [1.807, 2.05) is 44.1 Å². The van der Waals surface area contributed by atoms with Crippen LogP contribution in [-0.4, -0.2) is 25.8 Å². The highest BCUT2D eigenvalue weighted by Crippen LogP contribution is 2.27. The molecule has 1 aromatic heterocycles. The van der Waals surface area contributed by atoms with Crippen molar-refractivity contribution in [3.8, 4) is 0 Å². The van der Waals surface area contributed by atoms with Gasteiger partial charge < -0.3 is 10.3 Å². The van der Waals surface area contributed by atoms with E-state index in [1.165, 1.54) is 0 Å². The molecule has 0 atom stereocenters. The highest BCUT2D eigenvalue weighted by Gasteiger charge is 2.15. The number of pyridine rings is 1. The molecule has 4 heteroatoms. The fraction of sp³-hybridized carbons (Fsp3) is 0.357. The number of rotatable bonds is 3. The Kier molecular flexibility index (Phi) is 3.28. The molecule has 0 radical (unpaired) electrons. The Morgan fingerprint density at radius 2 is 1.94 bits per heavy atom. The van der Waals surface area contributed by atoms with E-state index in [9.17, 15) is 4.79 Å². The molecule has 2 aromatic rings. The molecule has 2 rings (SSSR count). The van der Waals surface area contributed by atoms with E-state index in [2.05, 4.69) is 11.5 Å². The Labute approximate surface area is 107 Å². The van der Waals surface area contributed by atoms with Crippen LogP contribution in [0.2, 0.25) is 0 Å². The molecule has 0 unspecified atom stereocenters. The van der Waals surface area contributed by atoms with Crippen LogP contribution >= 0.6 is 0 Å². The van der Waals surface area contributed by atoms with Crippen molar-refractivity contribution >= 4 is 16.6 Å². The first-order valence-electron chi connectivity index (χ1n) is 6.13. The summed E-state index contributed by atoms with van der Waals surface area (Å²) in [5, 5.41) is 1.09. The Morgan fingerprint density at radius 3 is 2.50 bits per heavy atom. The van der Waals surface area contributed by atoms with Gasteiger partial charge in [0.15, 0.2) is 0 Å². The Bertz CT molecular complexity index is 629. The van der Waals surface area contributed by atoms with Crippen molar-refractivity contribution in [1.82, 2.24) is 4.68 Å². The predicted octanol–water partition coefficient (Wildman–Crippen LogP) is 1.80. The molecular formula is C14H19N3O. The summed E-state index contributed by atoms with van der Waals surface area (Å²) in [6.45, 7) is 2.01. The molecule has 0 saturated heterocycles. The van der Waals surface area contributed by atoms with Gasteiger partial charge in [-0.2, -0.15) is 0 Å². The van der Waals surface area contributed by atoms with Crippen LogP contribution in [0.5, 0.6) is 0 Å². The van der Waals surface area contributed by atoms with Crippen LogP contribution < -0.4 is 15.9 Å². The van der Waals surface area contributed by atoms with Gasteiger partial charge in [-0.05, 0) is 12.5 Å². The fourth-order valence-electron chi connectivity index (χ4n) is 2.43. The zero-order valence-corrected chi connectivity index (χ0v) is 11.3. The van der Waals surface area contributed by atoms with Crippen molar-refractivity contribution in [3.63, 3.8) is 0 Å². The molecule has 0 fully saturated rings. The van der Waals surface area contributed by atoms with Crippen LogP contribution in [0.1, 0.15) is 12.5 Å². The maximum absolute atomic E-state index is 12.4. The average Bonchev–Trinajstić information content (AvgIpc) is 2.37. The van der Waals surface area contributed by atoms with Gasteiger partial charge in [-0.3, -0.25) is 4.79 Å². The number of nitrogens with zero attached hydrogens (tertiary/aromatic N) is 2. The molecule has 0 bridgehead atoms. The zero-order chi connectivity index (χ0) is 13.3. The minimum atomic E-state index is 0.0300. The van der Waals surface area contributed by atoms with Crippen molar-refractivity contribution in [1.29, 1.82) is 0 Å². The van der Waals surface area contributed by atoms with E-state index in [0.29, 0.717) is 0 Å². The van der Waals surface area contributed by atoms with E-state index < -0.39 is 0 Å². The highest BCUT2D eigenvalue weighted by atomic mass is 16.1. The lowest BCUT2D eigenvalue weighted by Gasteiger charge is -2.21. The number of fused-ring (bicyclic) bond motifs is 1. The number of aromatic nitrogens is 1. The molecule has 0 saturated carbocycles. The SMILES string of the molecule is CCc1c(N(C)C)c2ccccc2n(NC)c1=O. The minimum Gasteiger partial charge on any atom is -0.377 e. The van der Waals surface area contributed by atoms with E-state index in [4.69, 9.17) is 0 Å². The topological polar surface area (TPSA) is 37.3 Å². The third kappa shape index (κ3) is 1.74. The molecule has 18 heavy (non-hydrogen) atoms. The van der Waals surface area contributed by atoms with Crippen molar-refractivity contribution in [2.24, 2.45) is 0 Å². The van der Waals surface area contributed by atoms with Crippen molar-refractivity contribution in [3.05, 3.63) is 40.2 Å². The van der Waals surface area contributed by atoms with Gasteiger partial charge in [0.05, 0.1) is 11.2 Å². The summed E-state index contributed by atoms with van der Waals surface area (Å²) >= 11 is 0. The number of para-hydroxylation sites is 1. The van der Waals surface area contributed by atoms with Crippen molar-refractivity contribution in [2.45, 2.75) is 13.3 Å². The van der Waals surface area contributed by atoms with Crippen LogP contribution in [0, 0.1) is 0 Å². The molecule has 4 nitrogen and oxygen atoms in total. The van der Waals surface area contributed by atoms with E-state index in [-0.39, 0.29) is 5.56 Å². The standard InChI is InChI=1S/C14H19N3O/c1-5-10-13(16(3)4)11-8-6-7-9-12(11)17(15-2)14(10)18/h6-9,15H,5H2,1-4H3. The third-order valence-corrected chi connectivity index (χ3v) is 3.17. The lowest BCUT2D eigenvalue weighted by Crippen LogP contribution is -2.31. The second kappa shape index (κ2) is 4.72. The summed E-state index contributed by atoms with van der Waals surface area (Å²) in [7, 11) is 5.72. The van der Waals surface area contributed by atoms with Gasteiger partial charge >= 0.3 is 0 Å². The highest BCUT2D eigenvalue weighted by molar-refractivity contribution is 5.93. The van der Waals surface area contributed by atoms with Gasteiger partial charge in [0, 0.05) is 32.1 Å². The molecule has 1 heterocycles. The molecule has 0 spiro atoms. The predicted molar refractivity (Wildman–Crippen MR) is 77.2 cm³/mol. The van der Waals surface area contributed by atoms with Crippen LogP contribution in [-0.2, 0) is 6.42 Å². The molecule has 0 amide bonds. The Hall–Kier alpha value is -1.97. The maximum atomic E-state index is 12.4. The van der Waals surface area contributed by atoms with Crippen LogP contribution in [0.4, 0.5) is 5.69 Å². The summed E-state index contributed by atoms with van der Waals surface area (Å²) in [4.78, 5) is 14.5. The van der Waals surface area contributed by atoms with Crippen LogP contribution in [0.15, 0.2) is 29.1 Å². The molecule has 1 N–H and O–H groups in total. The second-order valence-corrected chi connectivity index (χ2v) is 4.46. The van der Waals surface area contributed by atoms with Crippen molar-refractivity contribution in [2.75, 3.05) is 31.5 Å². The van der Waals surface area contributed by atoms with Gasteiger partial charge in [-0.1, -0.05) is 25.1 Å². The summed E-state index contributed by atoms with van der Waals surface area (Å²) in [5.74, 6) is 0. The Morgan fingerprint density at radius 1 is 1.28 bits per heavy atom. The van der Waals surface area contributed by atoms with E-state index >= 15 is 0 Å². The van der Waals surface area contributed by atoms with E-state index in [0.717, 1.165) is 28.6 Å². The quantitative estimate of drug-likeness (QED) is 0.896. The number of hydrogen-bond donors (Lipinski definition) is 1. The van der Waals surface area contributed by atoms with Crippen molar-refractivity contribution < 1.29 is 0 Å². The smallest absolute Gasteiger partial charge is 0.274 e. The van der Waals surface area contributed by atoms with E-state index in [1.54, 1.807) is 11.7 Å². The number of nitrogens with one attached hydrogen (secondary N) is 1. The molecule has 0 aliphatic carbocycles. The second-order valence-electron chi connectivity index (χ2n) is 4.46. The normalized spacial score (nSPS) is 10.7. The number of hydrogen-bond acceptors (Lipinski definition) is 3.